The maximum Gasteiger partial charge on any atom is 0.0378 e. The molecule has 0 fully saturated rings. The second kappa shape index (κ2) is 5.27. The lowest BCUT2D eigenvalue weighted by atomic mass is 9.96. The van der Waals surface area contributed by atoms with E-state index in [1.165, 1.54) is 0 Å². The third-order valence-electron chi connectivity index (χ3n) is 1.99. The zero-order valence-electron chi connectivity index (χ0n) is 7.77. The monoisotopic (exact) mass is 196 g/mol. The van der Waals surface area contributed by atoms with Gasteiger partial charge in [-0.05, 0) is 25.2 Å². The van der Waals surface area contributed by atoms with Crippen molar-refractivity contribution < 1.29 is 0 Å². The molecule has 0 N–H and O–H groups in total. The zero-order chi connectivity index (χ0) is 9.02. The minimum absolute atomic E-state index is 0.177. The van der Waals surface area contributed by atoms with Gasteiger partial charge in [-0.15, -0.1) is 23.2 Å². The standard InChI is InChI=1S/C9H18Cl2/c1-6(2)5-9(11)7(3)8(4)10/h6-9H,5H2,1-4H3. The summed E-state index contributed by atoms with van der Waals surface area (Å²) in [5.41, 5.74) is 0. The van der Waals surface area contributed by atoms with Crippen LogP contribution in [0.25, 0.3) is 0 Å². The second-order valence-electron chi connectivity index (χ2n) is 3.68. The van der Waals surface area contributed by atoms with Crippen molar-refractivity contribution in [3.8, 4) is 0 Å². The Kier molecular flexibility index (Phi) is 5.54. The van der Waals surface area contributed by atoms with E-state index in [2.05, 4.69) is 20.8 Å². The molecule has 0 heterocycles. The van der Waals surface area contributed by atoms with E-state index in [1.54, 1.807) is 0 Å². The summed E-state index contributed by atoms with van der Waals surface area (Å²) in [7, 11) is 0. The van der Waals surface area contributed by atoms with Gasteiger partial charge in [-0.2, -0.15) is 0 Å². The van der Waals surface area contributed by atoms with Crippen LogP contribution in [0, 0.1) is 11.8 Å². The van der Waals surface area contributed by atoms with E-state index in [9.17, 15) is 0 Å². The fraction of sp³-hybridized carbons (Fsp3) is 1.00. The molecule has 0 aromatic rings. The third-order valence-corrected chi connectivity index (χ3v) is 2.96. The molecule has 0 aromatic carbocycles. The Bertz CT molecular complexity index is 99.7. The molecule has 0 rings (SSSR count). The lowest BCUT2D eigenvalue weighted by molar-refractivity contribution is 0.453. The number of halogens is 2. The maximum absolute atomic E-state index is 6.14. The summed E-state index contributed by atoms with van der Waals surface area (Å²) in [5.74, 6) is 1.07. The fourth-order valence-corrected chi connectivity index (χ4v) is 1.78. The van der Waals surface area contributed by atoms with Gasteiger partial charge in [0.05, 0.1) is 0 Å². The quantitative estimate of drug-likeness (QED) is 0.599. The molecule has 3 unspecified atom stereocenters. The van der Waals surface area contributed by atoms with Gasteiger partial charge in [0.15, 0.2) is 0 Å². The van der Waals surface area contributed by atoms with Crippen molar-refractivity contribution >= 4 is 23.2 Å². The van der Waals surface area contributed by atoms with Gasteiger partial charge in [0.2, 0.25) is 0 Å². The van der Waals surface area contributed by atoms with Crippen molar-refractivity contribution in [3.05, 3.63) is 0 Å². The molecule has 0 aliphatic heterocycles. The Hall–Kier alpha value is 0.580. The first kappa shape index (κ1) is 11.6. The molecular formula is C9H18Cl2. The van der Waals surface area contributed by atoms with E-state index in [1.807, 2.05) is 6.92 Å². The van der Waals surface area contributed by atoms with Crippen LogP contribution in [-0.4, -0.2) is 10.8 Å². The number of alkyl halides is 2. The van der Waals surface area contributed by atoms with Gasteiger partial charge in [0.25, 0.3) is 0 Å². The predicted molar refractivity (Wildman–Crippen MR) is 53.6 cm³/mol. The average Bonchev–Trinajstić information content (AvgIpc) is 1.84. The van der Waals surface area contributed by atoms with E-state index in [0.717, 1.165) is 6.42 Å². The SMILES string of the molecule is CC(C)CC(Cl)C(C)C(C)Cl. The normalized spacial score (nSPS) is 19.9. The lowest BCUT2D eigenvalue weighted by Crippen LogP contribution is -2.20. The summed E-state index contributed by atoms with van der Waals surface area (Å²) in [6, 6.07) is 0. The van der Waals surface area contributed by atoms with E-state index in [4.69, 9.17) is 23.2 Å². The minimum atomic E-state index is 0.177. The Balaban J connectivity index is 3.73. The molecular weight excluding hydrogens is 179 g/mol. The van der Waals surface area contributed by atoms with Crippen molar-refractivity contribution in [2.24, 2.45) is 11.8 Å². The van der Waals surface area contributed by atoms with Crippen molar-refractivity contribution in [1.29, 1.82) is 0 Å². The zero-order valence-corrected chi connectivity index (χ0v) is 9.28. The molecule has 0 saturated heterocycles. The molecule has 0 aromatic heterocycles. The third kappa shape index (κ3) is 4.92. The highest BCUT2D eigenvalue weighted by atomic mass is 35.5. The van der Waals surface area contributed by atoms with Crippen LogP contribution in [0.4, 0.5) is 0 Å². The summed E-state index contributed by atoms with van der Waals surface area (Å²) >= 11 is 12.1. The first-order valence-corrected chi connectivity index (χ1v) is 5.10. The summed E-state index contributed by atoms with van der Waals surface area (Å²) in [4.78, 5) is 0. The van der Waals surface area contributed by atoms with E-state index in [-0.39, 0.29) is 10.8 Å². The van der Waals surface area contributed by atoms with Crippen LogP contribution < -0.4 is 0 Å². The number of hydrogen-bond acceptors (Lipinski definition) is 0. The van der Waals surface area contributed by atoms with Crippen molar-refractivity contribution in [2.75, 3.05) is 0 Å². The molecule has 2 heteroatoms. The molecule has 0 saturated carbocycles. The highest BCUT2D eigenvalue weighted by molar-refractivity contribution is 6.23. The summed E-state index contributed by atoms with van der Waals surface area (Å²) in [6.07, 6.45) is 1.06. The van der Waals surface area contributed by atoms with Gasteiger partial charge < -0.3 is 0 Å². The van der Waals surface area contributed by atoms with Crippen LogP contribution in [0.2, 0.25) is 0 Å². The average molecular weight is 197 g/mol. The van der Waals surface area contributed by atoms with Gasteiger partial charge in [-0.3, -0.25) is 0 Å². The predicted octanol–water partition coefficient (Wildman–Crippen LogP) is 3.90. The fourth-order valence-electron chi connectivity index (χ4n) is 0.953. The Morgan fingerprint density at radius 3 is 1.73 bits per heavy atom. The molecule has 0 aliphatic rings. The van der Waals surface area contributed by atoms with Crippen LogP contribution in [0.5, 0.6) is 0 Å². The largest absolute Gasteiger partial charge is 0.123 e. The summed E-state index contributed by atoms with van der Waals surface area (Å²) < 4.78 is 0. The molecule has 3 atom stereocenters. The lowest BCUT2D eigenvalue weighted by Gasteiger charge is -2.21. The van der Waals surface area contributed by atoms with Gasteiger partial charge >= 0.3 is 0 Å². The Labute approximate surface area is 80.3 Å². The minimum Gasteiger partial charge on any atom is -0.123 e. The first-order chi connectivity index (χ1) is 4.95. The van der Waals surface area contributed by atoms with Gasteiger partial charge in [-0.25, -0.2) is 0 Å². The molecule has 0 bridgehead atoms. The van der Waals surface area contributed by atoms with Gasteiger partial charge in [-0.1, -0.05) is 20.8 Å². The molecule has 0 aliphatic carbocycles. The highest BCUT2D eigenvalue weighted by Gasteiger charge is 2.19. The Morgan fingerprint density at radius 2 is 1.45 bits per heavy atom. The smallest absolute Gasteiger partial charge is 0.0378 e. The number of rotatable bonds is 4. The van der Waals surface area contributed by atoms with Gasteiger partial charge in [0, 0.05) is 10.8 Å². The molecule has 0 amide bonds. The Morgan fingerprint density at radius 1 is 1.00 bits per heavy atom. The van der Waals surface area contributed by atoms with Crippen LogP contribution in [-0.2, 0) is 0 Å². The van der Waals surface area contributed by atoms with Crippen molar-refractivity contribution in [1.82, 2.24) is 0 Å². The van der Waals surface area contributed by atoms with Crippen LogP contribution in [0.1, 0.15) is 34.1 Å². The second-order valence-corrected chi connectivity index (χ2v) is 4.93. The van der Waals surface area contributed by atoms with Crippen LogP contribution in [0.15, 0.2) is 0 Å². The summed E-state index contributed by atoms with van der Waals surface area (Å²) in [6.45, 7) is 8.47. The number of hydrogen-bond donors (Lipinski definition) is 0. The van der Waals surface area contributed by atoms with E-state index < -0.39 is 0 Å². The van der Waals surface area contributed by atoms with Crippen LogP contribution >= 0.6 is 23.2 Å². The summed E-state index contributed by atoms with van der Waals surface area (Å²) in [5, 5.41) is 0.402. The maximum atomic E-state index is 6.14. The van der Waals surface area contributed by atoms with Crippen LogP contribution in [0.3, 0.4) is 0 Å². The van der Waals surface area contributed by atoms with Crippen molar-refractivity contribution in [2.45, 2.75) is 44.9 Å². The molecule has 68 valence electrons. The molecule has 0 radical (unpaired) electrons. The molecule has 0 nitrogen and oxygen atoms in total. The molecule has 11 heavy (non-hydrogen) atoms. The van der Waals surface area contributed by atoms with E-state index in [0.29, 0.717) is 11.8 Å². The topological polar surface area (TPSA) is 0 Å². The van der Waals surface area contributed by atoms with Gasteiger partial charge in [0.1, 0.15) is 0 Å². The van der Waals surface area contributed by atoms with Crippen molar-refractivity contribution in [3.63, 3.8) is 0 Å². The highest BCUT2D eigenvalue weighted by Crippen LogP contribution is 2.24. The molecule has 0 spiro atoms. The van der Waals surface area contributed by atoms with E-state index >= 15 is 0 Å². The first-order valence-electron chi connectivity index (χ1n) is 4.23.